The van der Waals surface area contributed by atoms with Crippen molar-refractivity contribution in [1.29, 1.82) is 0 Å². The van der Waals surface area contributed by atoms with Crippen LogP contribution in [0.15, 0.2) is 24.5 Å². The van der Waals surface area contributed by atoms with Gasteiger partial charge in [-0.15, -0.1) is 0 Å². The second-order valence-electron chi connectivity index (χ2n) is 5.07. The predicted molar refractivity (Wildman–Crippen MR) is 84.9 cm³/mol. The molecule has 0 aliphatic rings. The van der Waals surface area contributed by atoms with Crippen molar-refractivity contribution in [2.45, 2.75) is 13.8 Å². The number of hydrogen-bond acceptors (Lipinski definition) is 6. The minimum Gasteiger partial charge on any atom is -0.508 e. The number of aromatic hydroxyl groups is 1. The van der Waals surface area contributed by atoms with Gasteiger partial charge in [0.05, 0.1) is 12.5 Å². The van der Waals surface area contributed by atoms with Crippen molar-refractivity contribution in [2.75, 3.05) is 12.8 Å². The molecule has 0 saturated carbocycles. The molecule has 3 aromatic rings. The first kappa shape index (κ1) is 14.1. The van der Waals surface area contributed by atoms with Crippen LogP contribution in [0.1, 0.15) is 11.1 Å². The van der Waals surface area contributed by atoms with E-state index in [2.05, 4.69) is 15.0 Å². The van der Waals surface area contributed by atoms with Crippen LogP contribution in [-0.4, -0.2) is 27.2 Å². The van der Waals surface area contributed by atoms with Crippen LogP contribution >= 0.6 is 0 Å². The summed E-state index contributed by atoms with van der Waals surface area (Å²) >= 11 is 0. The maximum atomic E-state index is 10.0. The smallest absolute Gasteiger partial charge is 0.214 e. The second kappa shape index (κ2) is 5.14. The molecular weight excluding hydrogens is 280 g/mol. The Morgan fingerprint density at radius 3 is 2.68 bits per heavy atom. The lowest BCUT2D eigenvalue weighted by Crippen LogP contribution is -2.00. The highest BCUT2D eigenvalue weighted by molar-refractivity contribution is 5.98. The number of aromatic nitrogens is 3. The molecule has 3 N–H and O–H groups in total. The zero-order valence-corrected chi connectivity index (χ0v) is 12.6. The summed E-state index contributed by atoms with van der Waals surface area (Å²) in [6.45, 7) is 3.80. The molecule has 1 aromatic carbocycles. The molecule has 0 radical (unpaired) electrons. The summed E-state index contributed by atoms with van der Waals surface area (Å²) in [7, 11) is 1.54. The van der Waals surface area contributed by atoms with Gasteiger partial charge in [0.2, 0.25) is 5.88 Å². The Bertz CT molecular complexity index is 878. The van der Waals surface area contributed by atoms with Crippen LogP contribution in [0.3, 0.4) is 0 Å². The third kappa shape index (κ3) is 2.09. The third-order valence-electron chi connectivity index (χ3n) is 3.72. The summed E-state index contributed by atoms with van der Waals surface area (Å²) < 4.78 is 5.26. The SMILES string of the molecule is COc1cc2c(N)ncnc2c(-c2c(C)ccc(O)c2C)n1. The molecule has 0 spiro atoms. The van der Waals surface area contributed by atoms with Gasteiger partial charge in [0.15, 0.2) is 0 Å². The highest BCUT2D eigenvalue weighted by Gasteiger charge is 2.17. The number of nitrogens with zero attached hydrogens (tertiary/aromatic N) is 3. The zero-order valence-electron chi connectivity index (χ0n) is 12.6. The van der Waals surface area contributed by atoms with Gasteiger partial charge < -0.3 is 15.6 Å². The van der Waals surface area contributed by atoms with E-state index in [4.69, 9.17) is 10.5 Å². The molecule has 112 valence electrons. The maximum absolute atomic E-state index is 10.0. The molecule has 0 aliphatic heterocycles. The fourth-order valence-electron chi connectivity index (χ4n) is 2.54. The van der Waals surface area contributed by atoms with Crippen LogP contribution in [0.4, 0.5) is 5.82 Å². The first-order valence-corrected chi connectivity index (χ1v) is 6.77. The van der Waals surface area contributed by atoms with Crippen molar-refractivity contribution in [3.05, 3.63) is 35.7 Å². The van der Waals surface area contributed by atoms with Crippen LogP contribution < -0.4 is 10.5 Å². The summed E-state index contributed by atoms with van der Waals surface area (Å²) in [4.78, 5) is 12.8. The number of methoxy groups -OCH3 is 1. The molecule has 3 rings (SSSR count). The van der Waals surface area contributed by atoms with E-state index >= 15 is 0 Å². The van der Waals surface area contributed by atoms with Gasteiger partial charge in [-0.3, -0.25) is 0 Å². The first-order chi connectivity index (χ1) is 10.5. The molecule has 0 atom stereocenters. The standard InChI is InChI=1S/C16H16N4O2/c1-8-4-5-11(21)9(2)13(8)15-14-10(6-12(20-15)22-3)16(17)19-7-18-14/h4-7,21H,1-3H3,(H2,17,18,19). The van der Waals surface area contributed by atoms with E-state index in [-0.39, 0.29) is 5.75 Å². The quantitative estimate of drug-likeness (QED) is 0.755. The number of hydrogen-bond donors (Lipinski definition) is 2. The Morgan fingerprint density at radius 2 is 1.95 bits per heavy atom. The molecule has 0 aliphatic carbocycles. The number of rotatable bonds is 2. The molecule has 0 unspecified atom stereocenters. The minimum absolute atomic E-state index is 0.209. The highest BCUT2D eigenvalue weighted by atomic mass is 16.5. The number of fused-ring (bicyclic) bond motifs is 1. The number of pyridine rings is 1. The molecule has 6 nitrogen and oxygen atoms in total. The molecule has 22 heavy (non-hydrogen) atoms. The Hall–Kier alpha value is -2.89. The lowest BCUT2D eigenvalue weighted by Gasteiger charge is -2.14. The van der Waals surface area contributed by atoms with Gasteiger partial charge in [-0.2, -0.15) is 0 Å². The van der Waals surface area contributed by atoms with Crippen LogP contribution in [-0.2, 0) is 0 Å². The third-order valence-corrected chi connectivity index (χ3v) is 3.72. The van der Waals surface area contributed by atoms with Crippen LogP contribution in [0.5, 0.6) is 11.6 Å². The molecule has 0 amide bonds. The average molecular weight is 296 g/mol. The Labute approximate surface area is 127 Å². The Morgan fingerprint density at radius 1 is 1.18 bits per heavy atom. The number of phenolic OH excluding ortho intramolecular Hbond substituents is 1. The van der Waals surface area contributed by atoms with Crippen molar-refractivity contribution < 1.29 is 9.84 Å². The van der Waals surface area contributed by atoms with Gasteiger partial charge in [-0.25, -0.2) is 15.0 Å². The Balaban J connectivity index is 2.46. The molecule has 0 bridgehead atoms. The normalized spacial score (nSPS) is 10.9. The van der Waals surface area contributed by atoms with Crippen molar-refractivity contribution in [2.24, 2.45) is 0 Å². The minimum atomic E-state index is 0.209. The van der Waals surface area contributed by atoms with Crippen molar-refractivity contribution in [3.8, 4) is 22.9 Å². The average Bonchev–Trinajstić information content (AvgIpc) is 2.52. The topological polar surface area (TPSA) is 94.2 Å². The van der Waals surface area contributed by atoms with Crippen LogP contribution in [0.2, 0.25) is 0 Å². The van der Waals surface area contributed by atoms with Gasteiger partial charge in [-0.05, 0) is 25.5 Å². The van der Waals surface area contributed by atoms with E-state index in [1.54, 1.807) is 19.2 Å². The maximum Gasteiger partial charge on any atom is 0.214 e. The number of phenols is 1. The van der Waals surface area contributed by atoms with Crippen molar-refractivity contribution in [3.63, 3.8) is 0 Å². The zero-order chi connectivity index (χ0) is 15.9. The van der Waals surface area contributed by atoms with Crippen LogP contribution in [0.25, 0.3) is 22.2 Å². The number of benzene rings is 1. The number of nitrogens with two attached hydrogens (primary N) is 1. The van der Waals surface area contributed by atoms with E-state index in [1.165, 1.54) is 6.33 Å². The van der Waals surface area contributed by atoms with Crippen molar-refractivity contribution >= 4 is 16.7 Å². The molecule has 6 heteroatoms. The van der Waals surface area contributed by atoms with E-state index in [1.807, 2.05) is 19.9 Å². The molecular formula is C16H16N4O2. The Kier molecular flexibility index (Phi) is 3.29. The number of aryl methyl sites for hydroxylation is 1. The lowest BCUT2D eigenvalue weighted by molar-refractivity contribution is 0.399. The van der Waals surface area contributed by atoms with Crippen LogP contribution in [0, 0.1) is 13.8 Å². The predicted octanol–water partition coefficient (Wildman–Crippen LogP) is 2.61. The largest absolute Gasteiger partial charge is 0.508 e. The summed E-state index contributed by atoms with van der Waals surface area (Å²) in [5, 5.41) is 10.7. The van der Waals surface area contributed by atoms with Gasteiger partial charge >= 0.3 is 0 Å². The van der Waals surface area contributed by atoms with E-state index in [9.17, 15) is 5.11 Å². The van der Waals surface area contributed by atoms with Gasteiger partial charge in [0.25, 0.3) is 0 Å². The van der Waals surface area contributed by atoms with E-state index in [0.717, 1.165) is 16.7 Å². The molecule has 0 saturated heterocycles. The first-order valence-electron chi connectivity index (χ1n) is 6.77. The summed E-state index contributed by atoms with van der Waals surface area (Å²) in [6.07, 6.45) is 1.41. The van der Waals surface area contributed by atoms with E-state index < -0.39 is 0 Å². The molecule has 2 heterocycles. The number of anilines is 1. The monoisotopic (exact) mass is 296 g/mol. The summed E-state index contributed by atoms with van der Waals surface area (Å²) in [5.74, 6) is 0.994. The number of ether oxygens (including phenoxy) is 1. The number of nitrogen functional groups attached to an aromatic ring is 1. The second-order valence-corrected chi connectivity index (χ2v) is 5.07. The fraction of sp³-hybridized carbons (Fsp3) is 0.188. The highest BCUT2D eigenvalue weighted by Crippen LogP contribution is 2.36. The van der Waals surface area contributed by atoms with Gasteiger partial charge in [-0.1, -0.05) is 6.07 Å². The summed E-state index contributed by atoms with van der Waals surface area (Å²) in [5.41, 5.74) is 9.74. The van der Waals surface area contributed by atoms with E-state index in [0.29, 0.717) is 28.3 Å². The molecule has 0 fully saturated rings. The fourth-order valence-corrected chi connectivity index (χ4v) is 2.54. The molecule has 2 aromatic heterocycles. The van der Waals surface area contributed by atoms with Gasteiger partial charge in [0.1, 0.15) is 29.1 Å². The van der Waals surface area contributed by atoms with Crippen molar-refractivity contribution in [1.82, 2.24) is 15.0 Å². The summed E-state index contributed by atoms with van der Waals surface area (Å²) in [6, 6.07) is 5.22. The van der Waals surface area contributed by atoms with Gasteiger partial charge in [0, 0.05) is 17.2 Å². The lowest BCUT2D eigenvalue weighted by atomic mass is 9.97.